The fourth-order valence-corrected chi connectivity index (χ4v) is 4.78. The van der Waals surface area contributed by atoms with Crippen LogP contribution in [-0.2, 0) is 11.3 Å². The van der Waals surface area contributed by atoms with Gasteiger partial charge in [-0.1, -0.05) is 18.2 Å². The average Bonchev–Trinajstić information content (AvgIpc) is 3.24. The number of rotatable bonds is 5. The molecule has 4 nitrogen and oxygen atoms in total. The van der Waals surface area contributed by atoms with E-state index in [0.717, 1.165) is 6.54 Å². The number of anilines is 1. The van der Waals surface area contributed by atoms with Crippen molar-refractivity contribution in [1.82, 2.24) is 4.90 Å². The van der Waals surface area contributed by atoms with Crippen molar-refractivity contribution >= 4 is 29.4 Å². The third kappa shape index (κ3) is 4.23. The summed E-state index contributed by atoms with van der Waals surface area (Å²) < 4.78 is 19.4. The number of ether oxygens (including phenoxy) is 1. The molecule has 0 bridgehead atoms. The number of amides is 1. The lowest BCUT2D eigenvalue weighted by molar-refractivity contribution is -0.113. The predicted octanol–water partition coefficient (Wildman–Crippen LogP) is 4.18. The van der Waals surface area contributed by atoms with Crippen LogP contribution in [0.5, 0.6) is 5.75 Å². The van der Waals surface area contributed by atoms with Gasteiger partial charge in [0.1, 0.15) is 18.2 Å². The zero-order chi connectivity index (χ0) is 19.5. The van der Waals surface area contributed by atoms with Crippen LogP contribution in [0.25, 0.3) is 6.08 Å². The Hall–Kier alpha value is -2.31. The zero-order valence-corrected chi connectivity index (χ0v) is 16.6. The monoisotopic (exact) mass is 398 g/mol. The van der Waals surface area contributed by atoms with E-state index in [9.17, 15) is 9.18 Å². The summed E-state index contributed by atoms with van der Waals surface area (Å²) in [5, 5.41) is 2.87. The summed E-state index contributed by atoms with van der Waals surface area (Å²) in [7, 11) is 2.17. The van der Waals surface area contributed by atoms with E-state index in [1.165, 1.54) is 29.6 Å². The van der Waals surface area contributed by atoms with Crippen molar-refractivity contribution in [2.45, 2.75) is 19.0 Å². The molecule has 1 saturated heterocycles. The van der Waals surface area contributed by atoms with E-state index in [2.05, 4.69) is 17.3 Å². The van der Waals surface area contributed by atoms with Gasteiger partial charge < -0.3 is 10.1 Å². The summed E-state index contributed by atoms with van der Waals surface area (Å²) in [5.41, 5.74) is 2.66. The van der Waals surface area contributed by atoms with Gasteiger partial charge in [0, 0.05) is 24.0 Å². The molecule has 1 amide bonds. The number of nitrogens with one attached hydrogen (secondary N) is 1. The standard InChI is InChI=1S/C22H23FN2O2S/c1-25(18-9-10-28-14-18)12-15-5-7-17(8-6-15)24-22(26)16-11-19-20(23)3-2-4-21(19)27-13-16/h2-8,11,18H,9-10,12-14H2,1H3,(H,24,26). The van der Waals surface area contributed by atoms with Crippen LogP contribution in [0.2, 0.25) is 0 Å². The molecule has 4 rings (SSSR count). The van der Waals surface area contributed by atoms with E-state index in [1.54, 1.807) is 18.2 Å². The van der Waals surface area contributed by atoms with Crippen LogP contribution >= 0.6 is 11.8 Å². The predicted molar refractivity (Wildman–Crippen MR) is 112 cm³/mol. The minimum Gasteiger partial charge on any atom is -0.488 e. The first-order chi connectivity index (χ1) is 13.6. The Morgan fingerprint density at radius 2 is 2.11 bits per heavy atom. The second-order valence-corrected chi connectivity index (χ2v) is 8.34. The Bertz CT molecular complexity index is 892. The minimum absolute atomic E-state index is 0.130. The van der Waals surface area contributed by atoms with Gasteiger partial charge in [0.2, 0.25) is 0 Å². The molecule has 2 aromatic carbocycles. The van der Waals surface area contributed by atoms with Crippen LogP contribution in [0, 0.1) is 5.82 Å². The number of hydrogen-bond acceptors (Lipinski definition) is 4. The fourth-order valence-electron chi connectivity index (χ4n) is 3.48. The van der Waals surface area contributed by atoms with Crippen molar-refractivity contribution in [3.05, 3.63) is 65.0 Å². The molecule has 2 aromatic rings. The molecule has 0 aromatic heterocycles. The van der Waals surface area contributed by atoms with E-state index in [0.29, 0.717) is 28.6 Å². The van der Waals surface area contributed by atoms with E-state index in [1.807, 2.05) is 36.0 Å². The Morgan fingerprint density at radius 3 is 2.86 bits per heavy atom. The molecule has 6 heteroatoms. The molecule has 0 saturated carbocycles. The molecule has 1 unspecified atom stereocenters. The number of hydrogen-bond donors (Lipinski definition) is 1. The van der Waals surface area contributed by atoms with Crippen molar-refractivity contribution in [2.75, 3.05) is 30.5 Å². The Labute approximate surface area is 168 Å². The van der Waals surface area contributed by atoms with E-state index < -0.39 is 5.82 Å². The average molecular weight is 399 g/mol. The lowest BCUT2D eigenvalue weighted by Crippen LogP contribution is -2.30. The van der Waals surface area contributed by atoms with Crippen molar-refractivity contribution in [2.24, 2.45) is 0 Å². The molecule has 2 aliphatic heterocycles. The van der Waals surface area contributed by atoms with Crippen molar-refractivity contribution in [3.63, 3.8) is 0 Å². The smallest absolute Gasteiger partial charge is 0.255 e. The highest BCUT2D eigenvalue weighted by Gasteiger charge is 2.21. The van der Waals surface area contributed by atoms with E-state index in [-0.39, 0.29) is 12.5 Å². The van der Waals surface area contributed by atoms with Gasteiger partial charge in [0.15, 0.2) is 0 Å². The topological polar surface area (TPSA) is 41.6 Å². The molecule has 2 heterocycles. The number of carbonyl (C=O) groups excluding carboxylic acids is 1. The molecule has 1 fully saturated rings. The highest BCUT2D eigenvalue weighted by Crippen LogP contribution is 2.29. The summed E-state index contributed by atoms with van der Waals surface area (Å²) in [6, 6.07) is 13.2. The number of benzene rings is 2. The van der Waals surface area contributed by atoms with Gasteiger partial charge in [-0.2, -0.15) is 11.8 Å². The molecule has 1 atom stereocenters. The first-order valence-electron chi connectivity index (χ1n) is 9.40. The maximum Gasteiger partial charge on any atom is 0.255 e. The maximum atomic E-state index is 13.9. The van der Waals surface area contributed by atoms with Gasteiger partial charge in [0.25, 0.3) is 5.91 Å². The molecule has 146 valence electrons. The quantitative estimate of drug-likeness (QED) is 0.821. The normalized spacial score (nSPS) is 18.4. The first-order valence-corrected chi connectivity index (χ1v) is 10.6. The lowest BCUT2D eigenvalue weighted by Gasteiger charge is -2.23. The summed E-state index contributed by atoms with van der Waals surface area (Å²) >= 11 is 2.01. The SMILES string of the molecule is CN(Cc1ccc(NC(=O)C2=Cc3c(F)cccc3OC2)cc1)C1CCSC1. The number of fused-ring (bicyclic) bond motifs is 1. The van der Waals surface area contributed by atoms with Gasteiger partial charge >= 0.3 is 0 Å². The van der Waals surface area contributed by atoms with Crippen LogP contribution in [0.3, 0.4) is 0 Å². The number of thioether (sulfide) groups is 1. The first kappa shape index (κ1) is 19.0. The molecular formula is C22H23FN2O2S. The third-order valence-electron chi connectivity index (χ3n) is 5.18. The summed E-state index contributed by atoms with van der Waals surface area (Å²) in [6.07, 6.45) is 2.81. The van der Waals surface area contributed by atoms with Crippen LogP contribution in [0.15, 0.2) is 48.0 Å². The van der Waals surface area contributed by atoms with Crippen molar-refractivity contribution < 1.29 is 13.9 Å². The van der Waals surface area contributed by atoms with Gasteiger partial charge in [-0.15, -0.1) is 0 Å². The molecule has 0 spiro atoms. The van der Waals surface area contributed by atoms with Gasteiger partial charge in [0.05, 0.1) is 11.1 Å². The van der Waals surface area contributed by atoms with Crippen LogP contribution in [0.4, 0.5) is 10.1 Å². The van der Waals surface area contributed by atoms with Gasteiger partial charge in [-0.05, 0) is 55.1 Å². The molecule has 28 heavy (non-hydrogen) atoms. The van der Waals surface area contributed by atoms with Crippen LogP contribution in [0.1, 0.15) is 17.5 Å². The van der Waals surface area contributed by atoms with Crippen LogP contribution < -0.4 is 10.1 Å². The molecule has 0 radical (unpaired) electrons. The number of carbonyl (C=O) groups is 1. The molecule has 2 aliphatic rings. The summed E-state index contributed by atoms with van der Waals surface area (Å²) in [6.45, 7) is 1.03. The highest BCUT2D eigenvalue weighted by atomic mass is 32.2. The second-order valence-electron chi connectivity index (χ2n) is 7.19. The van der Waals surface area contributed by atoms with E-state index in [4.69, 9.17) is 4.74 Å². The van der Waals surface area contributed by atoms with Crippen molar-refractivity contribution in [1.29, 1.82) is 0 Å². The van der Waals surface area contributed by atoms with E-state index >= 15 is 0 Å². The molecule has 1 N–H and O–H groups in total. The van der Waals surface area contributed by atoms with Crippen LogP contribution in [-0.4, -0.2) is 42.0 Å². The van der Waals surface area contributed by atoms with Gasteiger partial charge in [-0.3, -0.25) is 9.69 Å². The summed E-state index contributed by atoms with van der Waals surface area (Å²) in [5.74, 6) is 2.24. The number of halogens is 1. The Morgan fingerprint density at radius 1 is 1.29 bits per heavy atom. The Kier molecular flexibility index (Phi) is 5.69. The largest absolute Gasteiger partial charge is 0.488 e. The second kappa shape index (κ2) is 8.37. The lowest BCUT2D eigenvalue weighted by atomic mass is 10.1. The summed E-state index contributed by atoms with van der Waals surface area (Å²) in [4.78, 5) is 14.9. The molecule has 0 aliphatic carbocycles. The highest BCUT2D eigenvalue weighted by molar-refractivity contribution is 7.99. The Balaban J connectivity index is 1.39. The zero-order valence-electron chi connectivity index (χ0n) is 15.8. The third-order valence-corrected chi connectivity index (χ3v) is 6.32. The molecular weight excluding hydrogens is 375 g/mol. The minimum atomic E-state index is -0.392. The van der Waals surface area contributed by atoms with Crippen molar-refractivity contribution in [3.8, 4) is 5.75 Å². The van der Waals surface area contributed by atoms with Gasteiger partial charge in [-0.25, -0.2) is 4.39 Å². The fraction of sp³-hybridized carbons (Fsp3) is 0.318. The maximum absolute atomic E-state index is 13.9. The number of nitrogens with zero attached hydrogens (tertiary/aromatic N) is 1.